The van der Waals surface area contributed by atoms with Crippen molar-refractivity contribution in [1.29, 1.82) is 0 Å². The lowest BCUT2D eigenvalue weighted by Gasteiger charge is -2.28. The Morgan fingerprint density at radius 1 is 1.43 bits per heavy atom. The van der Waals surface area contributed by atoms with Gasteiger partial charge in [0.15, 0.2) is 5.92 Å². The Labute approximate surface area is 129 Å². The number of hydrogen-bond acceptors (Lipinski definition) is 4. The van der Waals surface area contributed by atoms with Crippen molar-refractivity contribution >= 4 is 35.8 Å². The zero-order chi connectivity index (χ0) is 15.7. The van der Waals surface area contributed by atoms with E-state index in [-0.39, 0.29) is 11.9 Å². The minimum atomic E-state index is -0.434. The highest BCUT2D eigenvalue weighted by atomic mass is 32.2. The number of fused-ring (bicyclic) bond motifs is 1. The van der Waals surface area contributed by atoms with Crippen LogP contribution in [0.5, 0.6) is 0 Å². The molecule has 1 unspecified atom stereocenters. The van der Waals surface area contributed by atoms with E-state index in [1.807, 2.05) is 6.21 Å². The van der Waals surface area contributed by atoms with Gasteiger partial charge in [-0.2, -0.15) is 9.48 Å². The van der Waals surface area contributed by atoms with Crippen molar-refractivity contribution in [3.05, 3.63) is 10.5 Å². The maximum Gasteiger partial charge on any atom is 0.445 e. The first kappa shape index (κ1) is 15.9. The quantitative estimate of drug-likeness (QED) is 0.750. The summed E-state index contributed by atoms with van der Waals surface area (Å²) in [4.78, 5) is 31.3. The van der Waals surface area contributed by atoms with Gasteiger partial charge in [0.25, 0.3) is 5.84 Å². The number of aliphatic imine (C=N–C) groups is 1. The molecule has 0 saturated carbocycles. The molecule has 0 aromatic carbocycles. The molecule has 2 rings (SSSR count). The summed E-state index contributed by atoms with van der Waals surface area (Å²) in [6, 6.07) is -0.323. The molecule has 0 aromatic heterocycles. The lowest BCUT2D eigenvalue weighted by Crippen LogP contribution is -2.52. The zero-order valence-electron chi connectivity index (χ0n) is 13.2. The first-order valence-electron chi connectivity index (χ1n) is 7.24. The fourth-order valence-electron chi connectivity index (χ4n) is 2.55. The Hall–Kier alpha value is -1.43. The number of amides is 3. The number of rotatable bonds is 4. The van der Waals surface area contributed by atoms with E-state index in [1.54, 1.807) is 18.8 Å². The van der Waals surface area contributed by atoms with E-state index in [0.717, 1.165) is 23.3 Å². The van der Waals surface area contributed by atoms with E-state index in [0.29, 0.717) is 11.1 Å². The summed E-state index contributed by atoms with van der Waals surface area (Å²) >= 11 is 1.70. The molecule has 5 nitrogen and oxygen atoms in total. The molecule has 0 aromatic rings. The van der Waals surface area contributed by atoms with Crippen molar-refractivity contribution < 1.29 is 14.2 Å². The van der Waals surface area contributed by atoms with Gasteiger partial charge in [-0.3, -0.25) is 4.79 Å². The van der Waals surface area contributed by atoms with Gasteiger partial charge in [0, 0.05) is 10.2 Å². The smallest absolute Gasteiger partial charge is 0.255 e. The topological polar surface area (TPSA) is 52.8 Å². The average molecular weight is 308 g/mol. The third-order valence-corrected chi connectivity index (χ3v) is 4.79. The van der Waals surface area contributed by atoms with Crippen LogP contribution in [0.25, 0.3) is 0 Å². The summed E-state index contributed by atoms with van der Waals surface area (Å²) < 4.78 is 1.48. The number of hydrogen-bond donors (Lipinski definition) is 0. The largest absolute Gasteiger partial charge is 0.445 e. The Kier molecular flexibility index (Phi) is 4.66. The second kappa shape index (κ2) is 6.13. The van der Waals surface area contributed by atoms with E-state index >= 15 is 0 Å². The van der Waals surface area contributed by atoms with Crippen molar-refractivity contribution in [3.63, 3.8) is 0 Å². The summed E-state index contributed by atoms with van der Waals surface area (Å²) in [6.45, 7) is 6.33. The van der Waals surface area contributed by atoms with Gasteiger partial charge in [0.2, 0.25) is 0 Å². The van der Waals surface area contributed by atoms with Gasteiger partial charge >= 0.3 is 11.9 Å². The molecule has 0 N–H and O–H groups in total. The van der Waals surface area contributed by atoms with Crippen LogP contribution in [-0.2, 0) is 4.79 Å². The molecule has 0 spiro atoms. The summed E-state index contributed by atoms with van der Waals surface area (Å²) in [7, 11) is 3.21. The number of carbonyl (C=O) groups excluding carboxylic acids is 2. The van der Waals surface area contributed by atoms with E-state index in [9.17, 15) is 9.59 Å². The number of nitrogens with zero attached hydrogens (tertiary/aromatic N) is 3. The normalized spacial score (nSPS) is 22.6. The first-order chi connectivity index (χ1) is 9.88. The predicted octanol–water partition coefficient (Wildman–Crippen LogP) is 2.52. The maximum atomic E-state index is 12.6. The Morgan fingerprint density at radius 3 is 2.67 bits per heavy atom. The van der Waals surface area contributed by atoms with Crippen LogP contribution >= 0.6 is 11.8 Å². The van der Waals surface area contributed by atoms with Gasteiger partial charge < -0.3 is 0 Å². The Balaban J connectivity index is 2.56. The molecular formula is C15H22N3O2S+. The molecule has 114 valence electrons. The monoisotopic (exact) mass is 308 g/mol. The minimum absolute atomic E-state index is 0.179. The van der Waals surface area contributed by atoms with Crippen LogP contribution < -0.4 is 0 Å². The van der Waals surface area contributed by atoms with Crippen molar-refractivity contribution in [1.82, 2.24) is 4.90 Å². The maximum absolute atomic E-state index is 12.6. The molecule has 2 aliphatic rings. The zero-order valence-corrected chi connectivity index (χ0v) is 14.0. The molecule has 6 heteroatoms. The fraction of sp³-hybridized carbons (Fsp3) is 0.600. The molecular weight excluding hydrogens is 286 g/mol. The van der Waals surface area contributed by atoms with Crippen LogP contribution in [0.15, 0.2) is 15.5 Å². The van der Waals surface area contributed by atoms with Crippen LogP contribution in [0.1, 0.15) is 33.6 Å². The van der Waals surface area contributed by atoms with Crippen LogP contribution in [0.2, 0.25) is 0 Å². The molecule has 3 amide bonds. The molecule has 2 aliphatic heterocycles. The molecule has 2 heterocycles. The lowest BCUT2D eigenvalue weighted by atomic mass is 9.96. The highest BCUT2D eigenvalue weighted by Crippen LogP contribution is 2.37. The third-order valence-electron chi connectivity index (χ3n) is 3.57. The second-order valence-corrected chi connectivity index (χ2v) is 7.21. The number of urea groups is 1. The van der Waals surface area contributed by atoms with Gasteiger partial charge in [0.1, 0.15) is 6.21 Å². The molecule has 0 saturated heterocycles. The van der Waals surface area contributed by atoms with Gasteiger partial charge in [-0.1, -0.05) is 27.2 Å². The van der Waals surface area contributed by atoms with Crippen molar-refractivity contribution in [3.8, 4) is 0 Å². The number of thioether (sulfide) groups is 1. The van der Waals surface area contributed by atoms with Crippen molar-refractivity contribution in [2.24, 2.45) is 10.9 Å². The van der Waals surface area contributed by atoms with Crippen LogP contribution in [0, 0.1) is 5.92 Å². The van der Waals surface area contributed by atoms with Gasteiger partial charge in [-0.05, 0) is 12.0 Å². The average Bonchev–Trinajstić information content (AvgIpc) is 2.44. The van der Waals surface area contributed by atoms with Crippen molar-refractivity contribution in [2.45, 2.75) is 38.9 Å². The number of dihydropyridines is 1. The first-order valence-corrected chi connectivity index (χ1v) is 8.12. The summed E-state index contributed by atoms with van der Waals surface area (Å²) in [6.07, 6.45) is 3.73. The minimum Gasteiger partial charge on any atom is -0.255 e. The Morgan fingerprint density at radius 2 is 2.10 bits per heavy atom. The summed E-state index contributed by atoms with van der Waals surface area (Å²) in [5.41, 5.74) is 1.12. The summed E-state index contributed by atoms with van der Waals surface area (Å²) in [5.74, 6) is -0.0653. The van der Waals surface area contributed by atoms with Crippen LogP contribution in [0.4, 0.5) is 4.79 Å². The van der Waals surface area contributed by atoms with E-state index in [2.05, 4.69) is 25.8 Å². The molecule has 0 aliphatic carbocycles. The van der Waals surface area contributed by atoms with Crippen LogP contribution in [0.3, 0.4) is 0 Å². The Bertz CT molecular complexity index is 575. The fourth-order valence-corrected chi connectivity index (χ4v) is 3.71. The molecule has 21 heavy (non-hydrogen) atoms. The molecule has 1 atom stereocenters. The number of imide groups is 1. The van der Waals surface area contributed by atoms with E-state index in [1.165, 1.54) is 16.5 Å². The highest BCUT2D eigenvalue weighted by Gasteiger charge is 2.48. The van der Waals surface area contributed by atoms with Gasteiger partial charge in [-0.15, -0.1) is 16.8 Å². The van der Waals surface area contributed by atoms with Crippen molar-refractivity contribution in [2.75, 3.05) is 14.1 Å². The molecule has 0 radical (unpaired) electrons. The summed E-state index contributed by atoms with van der Waals surface area (Å²) in [5, 5.41) is 0.376. The van der Waals surface area contributed by atoms with E-state index in [4.69, 9.17) is 0 Å². The molecule has 0 fully saturated rings. The number of allylic oxidation sites excluding steroid dienone is 1. The van der Waals surface area contributed by atoms with E-state index < -0.39 is 5.92 Å². The number of carbonyl (C=O) groups is 2. The standard InChI is InChI=1S/C15H22N3O2S/c1-6-7-10-8-16-13-11(12(10)21-9(2)3)14(19)18(5)15(20)17(13)4/h8-9,11H,6-7H2,1-5H3/q+1. The SMILES string of the molecule is CCCC1=C(SC(C)C)C2C(=O)N(C)C(=O)[N+](C)=C2N=C1. The van der Waals surface area contributed by atoms with Gasteiger partial charge in [-0.25, -0.2) is 4.79 Å². The predicted molar refractivity (Wildman–Crippen MR) is 86.0 cm³/mol. The lowest BCUT2D eigenvalue weighted by molar-refractivity contribution is -0.407. The van der Waals surface area contributed by atoms with Gasteiger partial charge in [0.05, 0.1) is 14.1 Å². The van der Waals surface area contributed by atoms with Crippen LogP contribution in [-0.4, -0.2) is 52.8 Å². The highest BCUT2D eigenvalue weighted by molar-refractivity contribution is 8.03. The third kappa shape index (κ3) is 2.81. The molecule has 0 bridgehead atoms. The second-order valence-electron chi connectivity index (χ2n) is 5.59. The number of amidine groups is 1.